The lowest BCUT2D eigenvalue weighted by Crippen LogP contribution is -2.13. The largest absolute Gasteiger partial charge is 0.497 e. The normalized spacial score (nSPS) is 12.7. The van der Waals surface area contributed by atoms with Crippen molar-refractivity contribution in [2.24, 2.45) is 11.7 Å². The highest BCUT2D eigenvalue weighted by Gasteiger charge is 2.15. The fourth-order valence-electron chi connectivity index (χ4n) is 1.91. The molecule has 3 N–H and O–H groups in total. The van der Waals surface area contributed by atoms with Crippen LogP contribution in [0.4, 0.5) is 0 Å². The molecule has 0 radical (unpaired) electrons. The average Bonchev–Trinajstić information content (AvgIpc) is 2.85. The zero-order chi connectivity index (χ0) is 13.8. The average molecular weight is 260 g/mol. The summed E-state index contributed by atoms with van der Waals surface area (Å²) in [5.41, 5.74) is 7.12. The van der Waals surface area contributed by atoms with Gasteiger partial charge in [0.2, 0.25) is 0 Å². The molecule has 0 aliphatic carbocycles. The maximum atomic E-state index is 6.18. The minimum Gasteiger partial charge on any atom is -0.497 e. The molecule has 1 heterocycles. The molecular formula is C14H20N4O. The fourth-order valence-corrected chi connectivity index (χ4v) is 1.91. The Morgan fingerprint density at radius 2 is 2.16 bits per heavy atom. The molecular weight excluding hydrogens is 240 g/mol. The van der Waals surface area contributed by atoms with Gasteiger partial charge in [-0.2, -0.15) is 5.10 Å². The monoisotopic (exact) mass is 260 g/mol. The van der Waals surface area contributed by atoms with E-state index in [-0.39, 0.29) is 6.04 Å². The highest BCUT2D eigenvalue weighted by molar-refractivity contribution is 5.32. The number of benzene rings is 1. The Morgan fingerprint density at radius 3 is 2.84 bits per heavy atom. The third-order valence-electron chi connectivity index (χ3n) is 2.88. The molecule has 1 atom stereocenters. The standard InChI is InChI=1S/C14H20N4O/c1-9(2)7-12-16-14(18-17-12)13(15)10-5-4-6-11(8-10)19-3/h4-6,8-9,13H,7,15H2,1-3H3,(H,16,17,18)/t13-/m0/s1. The van der Waals surface area contributed by atoms with Crippen molar-refractivity contribution in [1.29, 1.82) is 0 Å². The summed E-state index contributed by atoms with van der Waals surface area (Å²) in [4.78, 5) is 4.45. The highest BCUT2D eigenvalue weighted by atomic mass is 16.5. The maximum absolute atomic E-state index is 6.18. The van der Waals surface area contributed by atoms with E-state index in [9.17, 15) is 0 Å². The smallest absolute Gasteiger partial charge is 0.171 e. The number of hydrogen-bond acceptors (Lipinski definition) is 4. The molecule has 0 saturated heterocycles. The molecule has 1 aromatic heterocycles. The van der Waals surface area contributed by atoms with Crippen LogP contribution in [0.5, 0.6) is 5.75 Å². The van der Waals surface area contributed by atoms with Crippen LogP contribution in [0.3, 0.4) is 0 Å². The Balaban J connectivity index is 2.18. The van der Waals surface area contributed by atoms with Crippen LogP contribution in [0.2, 0.25) is 0 Å². The number of nitrogens with one attached hydrogen (secondary N) is 1. The van der Waals surface area contributed by atoms with Crippen molar-refractivity contribution in [3.05, 3.63) is 41.5 Å². The van der Waals surface area contributed by atoms with Crippen molar-refractivity contribution < 1.29 is 4.74 Å². The molecule has 102 valence electrons. The van der Waals surface area contributed by atoms with Gasteiger partial charge in [-0.15, -0.1) is 0 Å². The number of rotatable bonds is 5. The van der Waals surface area contributed by atoms with Crippen molar-refractivity contribution >= 4 is 0 Å². The van der Waals surface area contributed by atoms with Crippen molar-refractivity contribution in [3.63, 3.8) is 0 Å². The van der Waals surface area contributed by atoms with Crippen LogP contribution < -0.4 is 10.5 Å². The molecule has 0 amide bonds. The van der Waals surface area contributed by atoms with Gasteiger partial charge in [0.1, 0.15) is 11.6 Å². The molecule has 5 heteroatoms. The third kappa shape index (κ3) is 3.32. The van der Waals surface area contributed by atoms with Crippen LogP contribution in [-0.4, -0.2) is 22.3 Å². The fraction of sp³-hybridized carbons (Fsp3) is 0.429. The van der Waals surface area contributed by atoms with Crippen LogP contribution in [0.25, 0.3) is 0 Å². The number of ether oxygens (including phenoxy) is 1. The van der Waals surface area contributed by atoms with E-state index in [1.165, 1.54) is 0 Å². The first-order valence-corrected chi connectivity index (χ1v) is 6.41. The minimum atomic E-state index is -0.340. The van der Waals surface area contributed by atoms with Crippen LogP contribution >= 0.6 is 0 Å². The van der Waals surface area contributed by atoms with E-state index in [4.69, 9.17) is 10.5 Å². The number of hydrogen-bond donors (Lipinski definition) is 2. The lowest BCUT2D eigenvalue weighted by molar-refractivity contribution is 0.414. The Morgan fingerprint density at radius 1 is 1.37 bits per heavy atom. The van der Waals surface area contributed by atoms with Crippen LogP contribution in [0.1, 0.15) is 37.1 Å². The summed E-state index contributed by atoms with van der Waals surface area (Å²) < 4.78 is 5.19. The summed E-state index contributed by atoms with van der Waals surface area (Å²) in [5.74, 6) is 2.81. The van der Waals surface area contributed by atoms with Gasteiger partial charge < -0.3 is 10.5 Å². The maximum Gasteiger partial charge on any atom is 0.171 e. The predicted molar refractivity (Wildman–Crippen MR) is 73.9 cm³/mol. The minimum absolute atomic E-state index is 0.340. The zero-order valence-corrected chi connectivity index (χ0v) is 11.6. The van der Waals surface area contributed by atoms with Gasteiger partial charge >= 0.3 is 0 Å². The number of nitrogens with zero attached hydrogens (tertiary/aromatic N) is 2. The number of nitrogens with two attached hydrogens (primary N) is 1. The first-order valence-electron chi connectivity index (χ1n) is 6.41. The van der Waals surface area contributed by atoms with Crippen LogP contribution in [0.15, 0.2) is 24.3 Å². The number of H-pyrrole nitrogens is 1. The van der Waals surface area contributed by atoms with Crippen molar-refractivity contribution in [2.75, 3.05) is 7.11 Å². The summed E-state index contributed by atoms with van der Waals surface area (Å²) in [6, 6.07) is 7.32. The lowest BCUT2D eigenvalue weighted by atomic mass is 10.1. The molecule has 0 spiro atoms. The van der Waals surface area contributed by atoms with Gasteiger partial charge in [0.25, 0.3) is 0 Å². The highest BCUT2D eigenvalue weighted by Crippen LogP contribution is 2.21. The van der Waals surface area contributed by atoms with E-state index < -0.39 is 0 Å². The molecule has 0 aliphatic heterocycles. The molecule has 0 bridgehead atoms. The summed E-state index contributed by atoms with van der Waals surface area (Å²) in [7, 11) is 1.64. The molecule has 2 aromatic rings. The number of methoxy groups -OCH3 is 1. The van der Waals surface area contributed by atoms with Gasteiger partial charge in [-0.1, -0.05) is 26.0 Å². The SMILES string of the molecule is COc1cccc([C@H](N)c2n[nH]c(CC(C)C)n2)c1. The Labute approximate surface area is 113 Å². The van der Waals surface area contributed by atoms with Gasteiger partial charge in [0.05, 0.1) is 13.2 Å². The van der Waals surface area contributed by atoms with Gasteiger partial charge in [0.15, 0.2) is 5.82 Å². The summed E-state index contributed by atoms with van der Waals surface area (Å²) in [6.45, 7) is 4.29. The Kier molecular flexibility index (Phi) is 4.16. The summed E-state index contributed by atoms with van der Waals surface area (Å²) in [5, 5.41) is 7.14. The second-order valence-corrected chi connectivity index (χ2v) is 4.99. The van der Waals surface area contributed by atoms with Crippen molar-refractivity contribution in [3.8, 4) is 5.75 Å². The van der Waals surface area contributed by atoms with E-state index in [0.29, 0.717) is 11.7 Å². The van der Waals surface area contributed by atoms with Crippen LogP contribution in [0, 0.1) is 5.92 Å². The van der Waals surface area contributed by atoms with Crippen LogP contribution in [-0.2, 0) is 6.42 Å². The molecule has 0 aliphatic rings. The third-order valence-corrected chi connectivity index (χ3v) is 2.88. The molecule has 5 nitrogen and oxygen atoms in total. The van der Waals surface area contributed by atoms with E-state index in [2.05, 4.69) is 29.0 Å². The molecule has 0 unspecified atom stereocenters. The van der Waals surface area contributed by atoms with E-state index in [1.54, 1.807) is 7.11 Å². The van der Waals surface area contributed by atoms with Crippen molar-refractivity contribution in [2.45, 2.75) is 26.3 Å². The molecule has 2 rings (SSSR count). The second-order valence-electron chi connectivity index (χ2n) is 4.99. The topological polar surface area (TPSA) is 76.8 Å². The lowest BCUT2D eigenvalue weighted by Gasteiger charge is -2.09. The van der Waals surface area contributed by atoms with Gasteiger partial charge in [-0.3, -0.25) is 5.10 Å². The van der Waals surface area contributed by atoms with Gasteiger partial charge in [-0.05, 0) is 23.6 Å². The predicted octanol–water partition coefficient (Wildman–Crippen LogP) is 2.06. The second kappa shape index (κ2) is 5.84. The quantitative estimate of drug-likeness (QED) is 0.862. The van der Waals surface area contributed by atoms with Gasteiger partial charge in [-0.25, -0.2) is 4.98 Å². The molecule has 0 saturated carbocycles. The summed E-state index contributed by atoms with van der Waals surface area (Å²) in [6.07, 6.45) is 0.873. The first-order chi connectivity index (χ1) is 9.10. The Bertz CT molecular complexity index is 536. The van der Waals surface area contributed by atoms with E-state index in [1.807, 2.05) is 24.3 Å². The number of aromatic amines is 1. The summed E-state index contributed by atoms with van der Waals surface area (Å²) >= 11 is 0. The van der Waals surface area contributed by atoms with Gasteiger partial charge in [0, 0.05) is 6.42 Å². The number of aromatic nitrogens is 3. The van der Waals surface area contributed by atoms with E-state index in [0.717, 1.165) is 23.6 Å². The molecule has 19 heavy (non-hydrogen) atoms. The molecule has 0 fully saturated rings. The zero-order valence-electron chi connectivity index (χ0n) is 11.6. The van der Waals surface area contributed by atoms with E-state index >= 15 is 0 Å². The first kappa shape index (κ1) is 13.5. The Hall–Kier alpha value is -1.88. The molecule has 1 aromatic carbocycles. The van der Waals surface area contributed by atoms with Crippen molar-refractivity contribution in [1.82, 2.24) is 15.2 Å².